The molecule has 1 aromatic carbocycles. The Hall–Kier alpha value is -1.45. The maximum absolute atomic E-state index is 9.09. The van der Waals surface area contributed by atoms with Crippen LogP contribution in [0.5, 0.6) is 0 Å². The third-order valence-electron chi connectivity index (χ3n) is 2.47. The molecular formula is C12H14N2O. The highest BCUT2D eigenvalue weighted by molar-refractivity contribution is 5.82. The molecule has 15 heavy (non-hydrogen) atoms. The minimum absolute atomic E-state index is 0.0482. The fourth-order valence-electron chi connectivity index (χ4n) is 1.75. The number of benzene rings is 1. The number of hydrogen-bond donors (Lipinski definition) is 2. The molecule has 2 rings (SSSR count). The van der Waals surface area contributed by atoms with Crippen molar-refractivity contribution in [3.05, 3.63) is 41.6 Å². The Balaban J connectivity index is 2.71. The number of aliphatic hydroxyl groups is 1. The molecule has 3 heteroatoms. The van der Waals surface area contributed by atoms with Crippen molar-refractivity contribution in [3.8, 4) is 0 Å². The Morgan fingerprint density at radius 1 is 1.40 bits per heavy atom. The summed E-state index contributed by atoms with van der Waals surface area (Å²) in [4.78, 5) is 4.42. The molecule has 0 radical (unpaired) electrons. The number of pyridine rings is 1. The Morgan fingerprint density at radius 3 is 2.87 bits per heavy atom. The molecular weight excluding hydrogens is 188 g/mol. The largest absolute Gasteiger partial charge is 0.394 e. The van der Waals surface area contributed by atoms with Crippen LogP contribution in [0.1, 0.15) is 17.3 Å². The van der Waals surface area contributed by atoms with Gasteiger partial charge in [0, 0.05) is 11.1 Å². The Morgan fingerprint density at radius 2 is 2.13 bits per heavy atom. The second-order valence-corrected chi connectivity index (χ2v) is 3.66. The van der Waals surface area contributed by atoms with Crippen molar-refractivity contribution in [3.63, 3.8) is 0 Å². The molecule has 0 saturated heterocycles. The minimum Gasteiger partial charge on any atom is -0.394 e. The van der Waals surface area contributed by atoms with Crippen molar-refractivity contribution in [2.24, 2.45) is 5.73 Å². The van der Waals surface area contributed by atoms with Crippen molar-refractivity contribution in [1.29, 1.82) is 0 Å². The lowest BCUT2D eigenvalue weighted by Crippen LogP contribution is -2.15. The van der Waals surface area contributed by atoms with Gasteiger partial charge >= 0.3 is 0 Å². The summed E-state index contributed by atoms with van der Waals surface area (Å²) >= 11 is 0. The number of rotatable bonds is 2. The van der Waals surface area contributed by atoms with Crippen LogP contribution in [-0.2, 0) is 0 Å². The summed E-state index contributed by atoms with van der Waals surface area (Å²) in [6, 6.07) is 9.43. The van der Waals surface area contributed by atoms with Gasteiger partial charge in [0.15, 0.2) is 0 Å². The third kappa shape index (κ3) is 1.84. The molecule has 0 aliphatic heterocycles. The highest BCUT2D eigenvalue weighted by Crippen LogP contribution is 2.22. The normalized spacial score (nSPS) is 13.0. The van der Waals surface area contributed by atoms with Crippen LogP contribution in [0.15, 0.2) is 30.3 Å². The van der Waals surface area contributed by atoms with E-state index in [0.29, 0.717) is 0 Å². The van der Waals surface area contributed by atoms with Crippen LogP contribution < -0.4 is 5.73 Å². The standard InChI is InChI=1S/C12H14N2O/c1-8-6-10(11(13)7-15)9-4-2-3-5-12(9)14-8/h2-6,11,15H,7,13H2,1H3/t11-/m0/s1. The molecule has 0 spiro atoms. The molecule has 1 aromatic heterocycles. The summed E-state index contributed by atoms with van der Waals surface area (Å²) in [5.74, 6) is 0. The summed E-state index contributed by atoms with van der Waals surface area (Å²) < 4.78 is 0. The van der Waals surface area contributed by atoms with Crippen molar-refractivity contribution in [2.45, 2.75) is 13.0 Å². The third-order valence-corrected chi connectivity index (χ3v) is 2.47. The van der Waals surface area contributed by atoms with Crippen LogP contribution in [0.3, 0.4) is 0 Å². The van der Waals surface area contributed by atoms with E-state index in [1.54, 1.807) is 0 Å². The first kappa shape index (κ1) is 10.1. The van der Waals surface area contributed by atoms with Gasteiger partial charge in [0.1, 0.15) is 0 Å². The number of aromatic nitrogens is 1. The van der Waals surface area contributed by atoms with Gasteiger partial charge in [-0.3, -0.25) is 4.98 Å². The molecule has 0 aliphatic carbocycles. The molecule has 0 amide bonds. The highest BCUT2D eigenvalue weighted by atomic mass is 16.3. The quantitative estimate of drug-likeness (QED) is 0.776. The van der Waals surface area contributed by atoms with E-state index in [1.165, 1.54) is 0 Å². The summed E-state index contributed by atoms with van der Waals surface area (Å²) in [5, 5.41) is 10.1. The van der Waals surface area contributed by atoms with Crippen molar-refractivity contribution in [1.82, 2.24) is 4.98 Å². The Bertz CT molecular complexity index is 482. The van der Waals surface area contributed by atoms with Gasteiger partial charge in [-0.25, -0.2) is 0 Å². The van der Waals surface area contributed by atoms with Gasteiger partial charge in [0.25, 0.3) is 0 Å². The van der Waals surface area contributed by atoms with Gasteiger partial charge in [-0.05, 0) is 24.6 Å². The van der Waals surface area contributed by atoms with Crippen LogP contribution in [-0.4, -0.2) is 16.7 Å². The lowest BCUT2D eigenvalue weighted by molar-refractivity contribution is 0.268. The van der Waals surface area contributed by atoms with Crippen LogP contribution in [0.4, 0.5) is 0 Å². The fraction of sp³-hybridized carbons (Fsp3) is 0.250. The summed E-state index contributed by atoms with van der Waals surface area (Å²) in [5.41, 5.74) is 8.66. The van der Waals surface area contributed by atoms with Gasteiger partial charge in [-0.15, -0.1) is 0 Å². The van der Waals surface area contributed by atoms with Crippen LogP contribution in [0.25, 0.3) is 10.9 Å². The Kier molecular flexibility index (Phi) is 2.66. The summed E-state index contributed by atoms with van der Waals surface area (Å²) in [6.45, 7) is 1.88. The molecule has 0 unspecified atom stereocenters. The summed E-state index contributed by atoms with van der Waals surface area (Å²) in [7, 11) is 0. The van der Waals surface area contributed by atoms with E-state index >= 15 is 0 Å². The van der Waals surface area contributed by atoms with Gasteiger partial charge in [0.05, 0.1) is 18.2 Å². The van der Waals surface area contributed by atoms with E-state index in [1.807, 2.05) is 37.3 Å². The second-order valence-electron chi connectivity index (χ2n) is 3.66. The molecule has 3 N–H and O–H groups in total. The maximum atomic E-state index is 9.09. The molecule has 1 heterocycles. The van der Waals surface area contributed by atoms with E-state index < -0.39 is 0 Å². The van der Waals surface area contributed by atoms with E-state index in [9.17, 15) is 0 Å². The Labute approximate surface area is 88.6 Å². The van der Waals surface area contributed by atoms with Crippen LogP contribution in [0.2, 0.25) is 0 Å². The topological polar surface area (TPSA) is 59.1 Å². The molecule has 0 fully saturated rings. The zero-order valence-corrected chi connectivity index (χ0v) is 8.64. The van der Waals surface area contributed by atoms with Gasteiger partial charge in [-0.1, -0.05) is 18.2 Å². The SMILES string of the molecule is Cc1cc([C@@H](N)CO)c2ccccc2n1. The number of aliphatic hydroxyl groups excluding tert-OH is 1. The van der Waals surface area contributed by atoms with Crippen molar-refractivity contribution in [2.75, 3.05) is 6.61 Å². The zero-order valence-electron chi connectivity index (χ0n) is 8.64. The fourth-order valence-corrected chi connectivity index (χ4v) is 1.75. The molecule has 0 aliphatic rings. The molecule has 78 valence electrons. The first-order chi connectivity index (χ1) is 7.22. The van der Waals surface area contributed by atoms with Crippen LogP contribution in [0, 0.1) is 6.92 Å². The minimum atomic E-state index is -0.336. The smallest absolute Gasteiger partial charge is 0.0708 e. The molecule has 0 saturated carbocycles. The lowest BCUT2D eigenvalue weighted by atomic mass is 10.0. The molecule has 1 atom stereocenters. The maximum Gasteiger partial charge on any atom is 0.0708 e. The number of aryl methyl sites for hydroxylation is 1. The van der Waals surface area contributed by atoms with Crippen LogP contribution >= 0.6 is 0 Å². The van der Waals surface area contributed by atoms with Gasteiger partial charge < -0.3 is 10.8 Å². The number of para-hydroxylation sites is 1. The first-order valence-electron chi connectivity index (χ1n) is 4.95. The molecule has 0 bridgehead atoms. The monoisotopic (exact) mass is 202 g/mol. The van der Waals surface area contributed by atoms with E-state index in [-0.39, 0.29) is 12.6 Å². The average Bonchev–Trinajstić information content (AvgIpc) is 2.26. The number of nitrogens with two attached hydrogens (primary N) is 1. The van der Waals surface area contributed by atoms with Crippen molar-refractivity contribution >= 4 is 10.9 Å². The van der Waals surface area contributed by atoms with Crippen molar-refractivity contribution < 1.29 is 5.11 Å². The summed E-state index contributed by atoms with van der Waals surface area (Å²) in [6.07, 6.45) is 0. The highest BCUT2D eigenvalue weighted by Gasteiger charge is 2.09. The average molecular weight is 202 g/mol. The zero-order chi connectivity index (χ0) is 10.8. The number of hydrogen-bond acceptors (Lipinski definition) is 3. The van der Waals surface area contributed by atoms with Gasteiger partial charge in [0.2, 0.25) is 0 Å². The predicted octanol–water partition coefficient (Wildman–Crippen LogP) is 1.54. The predicted molar refractivity (Wildman–Crippen MR) is 60.5 cm³/mol. The van der Waals surface area contributed by atoms with E-state index in [2.05, 4.69) is 4.98 Å². The molecule has 3 nitrogen and oxygen atoms in total. The van der Waals surface area contributed by atoms with E-state index in [0.717, 1.165) is 22.2 Å². The number of fused-ring (bicyclic) bond motifs is 1. The second kappa shape index (κ2) is 3.96. The number of nitrogens with zero attached hydrogens (tertiary/aromatic N) is 1. The molecule has 2 aromatic rings. The van der Waals surface area contributed by atoms with Gasteiger partial charge in [-0.2, -0.15) is 0 Å². The lowest BCUT2D eigenvalue weighted by Gasteiger charge is -2.12. The first-order valence-corrected chi connectivity index (χ1v) is 4.95. The van der Waals surface area contributed by atoms with E-state index in [4.69, 9.17) is 10.8 Å².